The number of aromatic hydroxyl groups is 1. The fraction of sp³-hybridized carbons (Fsp3) is 0.318. The number of para-hydroxylation sites is 1. The molecule has 0 spiro atoms. The maximum Gasteiger partial charge on any atom is 0.124 e. The Bertz CT molecular complexity index is 887. The Balaban J connectivity index is 2.02. The van der Waals surface area contributed by atoms with Crippen LogP contribution >= 0.6 is 0 Å². The number of phenols is 1. The number of nitrogens with two attached hydrogens (primary N) is 1. The zero-order valence-electron chi connectivity index (χ0n) is 15.3. The molecular weight excluding hydrogens is 322 g/mol. The summed E-state index contributed by atoms with van der Waals surface area (Å²) in [5.41, 5.74) is 12.7. The molecule has 26 heavy (non-hydrogen) atoms. The van der Waals surface area contributed by atoms with Crippen molar-refractivity contribution in [1.82, 2.24) is 5.32 Å². The monoisotopic (exact) mass is 347 g/mol. The van der Waals surface area contributed by atoms with Crippen molar-refractivity contribution in [3.05, 3.63) is 58.7 Å². The molecule has 3 rings (SSSR count). The highest BCUT2D eigenvalue weighted by molar-refractivity contribution is 5.94. The largest absolute Gasteiger partial charge is 0.507 e. The van der Waals surface area contributed by atoms with E-state index in [0.29, 0.717) is 11.5 Å². The van der Waals surface area contributed by atoms with Gasteiger partial charge in [0.2, 0.25) is 0 Å². The molecule has 0 radical (unpaired) electrons. The molecule has 134 valence electrons. The van der Waals surface area contributed by atoms with Crippen LogP contribution in [-0.2, 0) is 0 Å². The van der Waals surface area contributed by atoms with Gasteiger partial charge in [0.1, 0.15) is 5.75 Å². The lowest BCUT2D eigenvalue weighted by Gasteiger charge is -2.25. The van der Waals surface area contributed by atoms with E-state index in [1.54, 1.807) is 12.1 Å². The molecular formula is C22H25N3O. The molecule has 4 N–H and O–H groups in total. The number of piperidine rings is 1. The van der Waals surface area contributed by atoms with E-state index in [1.807, 2.05) is 26.0 Å². The molecule has 4 heteroatoms. The van der Waals surface area contributed by atoms with Crippen molar-refractivity contribution < 1.29 is 5.11 Å². The average molecular weight is 347 g/mol. The zero-order chi connectivity index (χ0) is 18.7. The van der Waals surface area contributed by atoms with Gasteiger partial charge in [0.25, 0.3) is 0 Å². The Hall–Kier alpha value is -2.77. The van der Waals surface area contributed by atoms with Crippen molar-refractivity contribution in [2.24, 2.45) is 0 Å². The Labute approximate surface area is 155 Å². The topological polar surface area (TPSA) is 82.1 Å². The molecule has 1 unspecified atom stereocenters. The quantitative estimate of drug-likeness (QED) is 0.572. The number of nitrogens with zero attached hydrogens (tertiary/aromatic N) is 1. The van der Waals surface area contributed by atoms with Crippen molar-refractivity contribution in [2.45, 2.75) is 32.6 Å². The molecule has 1 aliphatic rings. The van der Waals surface area contributed by atoms with Crippen LogP contribution < -0.4 is 11.1 Å². The van der Waals surface area contributed by atoms with Crippen LogP contribution in [0.1, 0.15) is 54.9 Å². The predicted molar refractivity (Wildman–Crippen MR) is 107 cm³/mol. The van der Waals surface area contributed by atoms with Crippen LogP contribution in [0, 0.1) is 11.3 Å². The third-order valence-electron chi connectivity index (χ3n) is 5.37. The van der Waals surface area contributed by atoms with Crippen LogP contribution in [0.3, 0.4) is 0 Å². The van der Waals surface area contributed by atoms with Gasteiger partial charge in [-0.1, -0.05) is 18.2 Å². The van der Waals surface area contributed by atoms with Crippen molar-refractivity contribution in [3.63, 3.8) is 0 Å². The second-order valence-electron chi connectivity index (χ2n) is 6.95. The first kappa shape index (κ1) is 18.0. The summed E-state index contributed by atoms with van der Waals surface area (Å²) in [4.78, 5) is 0. The van der Waals surface area contributed by atoms with Crippen molar-refractivity contribution >= 4 is 16.8 Å². The molecule has 1 saturated heterocycles. The molecule has 1 atom stereocenters. The van der Waals surface area contributed by atoms with E-state index >= 15 is 0 Å². The second kappa shape index (κ2) is 7.63. The fourth-order valence-corrected chi connectivity index (χ4v) is 3.71. The highest BCUT2D eigenvalue weighted by Gasteiger charge is 2.19. The number of nitrogen functional groups attached to an aromatic ring is 1. The van der Waals surface area contributed by atoms with Gasteiger partial charge in [-0.05, 0) is 74.1 Å². The van der Waals surface area contributed by atoms with Gasteiger partial charge in [0.05, 0.1) is 11.6 Å². The van der Waals surface area contributed by atoms with Gasteiger partial charge in [0.15, 0.2) is 0 Å². The molecule has 0 aromatic heterocycles. The standard InChI is InChI=1S/C22H25N3O/c1-14(18-9-8-16(12-23)11-21(18)26)15(2)19-6-3-7-20(22(19)24)17-5-4-10-25-13-17/h3,6-9,11,17,25-26H,4-5,10,13,24H2,1-2H3/b15-14+. The minimum atomic E-state index is 0.118. The van der Waals surface area contributed by atoms with Crippen LogP contribution in [0.4, 0.5) is 5.69 Å². The first-order chi connectivity index (χ1) is 12.5. The number of hydrogen-bond donors (Lipinski definition) is 3. The third-order valence-corrected chi connectivity index (χ3v) is 5.37. The smallest absolute Gasteiger partial charge is 0.124 e. The summed E-state index contributed by atoms with van der Waals surface area (Å²) in [6, 6.07) is 13.3. The minimum Gasteiger partial charge on any atom is -0.507 e. The van der Waals surface area contributed by atoms with Crippen molar-refractivity contribution in [3.8, 4) is 11.8 Å². The van der Waals surface area contributed by atoms with E-state index in [-0.39, 0.29) is 5.75 Å². The normalized spacial score (nSPS) is 18.1. The van der Waals surface area contributed by atoms with Gasteiger partial charge in [-0.25, -0.2) is 0 Å². The van der Waals surface area contributed by atoms with E-state index in [4.69, 9.17) is 11.0 Å². The molecule has 2 aromatic rings. The van der Waals surface area contributed by atoms with Crippen LogP contribution in [0.5, 0.6) is 5.75 Å². The number of hydrogen-bond acceptors (Lipinski definition) is 4. The van der Waals surface area contributed by atoms with E-state index in [1.165, 1.54) is 18.1 Å². The van der Waals surface area contributed by atoms with Gasteiger partial charge in [0, 0.05) is 23.4 Å². The lowest BCUT2D eigenvalue weighted by molar-refractivity contribution is 0.462. The number of anilines is 1. The van der Waals surface area contributed by atoms with Crippen molar-refractivity contribution in [2.75, 3.05) is 18.8 Å². The molecule has 0 bridgehead atoms. The first-order valence-corrected chi connectivity index (χ1v) is 9.03. The number of rotatable bonds is 3. The highest BCUT2D eigenvalue weighted by atomic mass is 16.3. The summed E-state index contributed by atoms with van der Waals surface area (Å²) in [7, 11) is 0. The highest BCUT2D eigenvalue weighted by Crippen LogP contribution is 2.37. The van der Waals surface area contributed by atoms with E-state index in [9.17, 15) is 5.11 Å². The summed E-state index contributed by atoms with van der Waals surface area (Å²) in [5, 5.41) is 22.7. The Morgan fingerprint density at radius 3 is 2.62 bits per heavy atom. The number of nitrogens with one attached hydrogen (secondary N) is 1. The lowest BCUT2D eigenvalue weighted by atomic mass is 9.86. The van der Waals surface area contributed by atoms with E-state index < -0.39 is 0 Å². The van der Waals surface area contributed by atoms with Gasteiger partial charge in [-0.15, -0.1) is 0 Å². The SMILES string of the molecule is C/C(=C(/C)c1cccc(C2CCCNC2)c1N)c1ccc(C#N)cc1O. The van der Waals surface area contributed by atoms with Gasteiger partial charge in [-0.3, -0.25) is 0 Å². The molecule has 2 aromatic carbocycles. The zero-order valence-corrected chi connectivity index (χ0v) is 15.3. The maximum atomic E-state index is 10.3. The average Bonchev–Trinajstić information content (AvgIpc) is 2.67. The van der Waals surface area contributed by atoms with E-state index in [2.05, 4.69) is 17.4 Å². The van der Waals surface area contributed by atoms with E-state index in [0.717, 1.165) is 47.5 Å². The molecule has 4 nitrogen and oxygen atoms in total. The molecule has 1 aliphatic heterocycles. The van der Waals surface area contributed by atoms with Gasteiger partial charge in [-0.2, -0.15) is 5.26 Å². The molecule has 0 aliphatic carbocycles. The molecule has 1 fully saturated rings. The third kappa shape index (κ3) is 3.44. The van der Waals surface area contributed by atoms with Gasteiger partial charge < -0.3 is 16.2 Å². The summed E-state index contributed by atoms with van der Waals surface area (Å²) in [6.07, 6.45) is 2.32. The molecule has 0 amide bonds. The Morgan fingerprint density at radius 1 is 1.19 bits per heavy atom. The van der Waals surface area contributed by atoms with Crippen LogP contribution in [0.2, 0.25) is 0 Å². The first-order valence-electron chi connectivity index (χ1n) is 9.03. The summed E-state index contributed by atoms with van der Waals surface area (Å²) >= 11 is 0. The minimum absolute atomic E-state index is 0.118. The van der Waals surface area contributed by atoms with Crippen LogP contribution in [0.15, 0.2) is 36.4 Å². The molecule has 1 heterocycles. The van der Waals surface area contributed by atoms with Crippen molar-refractivity contribution in [1.29, 1.82) is 5.26 Å². The summed E-state index contributed by atoms with van der Waals surface area (Å²) < 4.78 is 0. The fourth-order valence-electron chi connectivity index (χ4n) is 3.71. The molecule has 0 saturated carbocycles. The number of phenolic OH excluding ortho intramolecular Hbond substituents is 1. The predicted octanol–water partition coefficient (Wildman–Crippen LogP) is 4.26. The van der Waals surface area contributed by atoms with Crippen LogP contribution in [-0.4, -0.2) is 18.2 Å². The number of benzene rings is 2. The summed E-state index contributed by atoms with van der Waals surface area (Å²) in [5.74, 6) is 0.562. The maximum absolute atomic E-state index is 10.3. The Morgan fingerprint density at radius 2 is 1.96 bits per heavy atom. The van der Waals surface area contributed by atoms with Crippen LogP contribution in [0.25, 0.3) is 11.1 Å². The number of allylic oxidation sites excluding steroid dienone is 2. The number of nitriles is 1. The Kier molecular flexibility index (Phi) is 5.29. The summed E-state index contributed by atoms with van der Waals surface area (Å²) in [6.45, 7) is 6.05. The lowest BCUT2D eigenvalue weighted by Crippen LogP contribution is -2.28. The van der Waals surface area contributed by atoms with Gasteiger partial charge >= 0.3 is 0 Å². The second-order valence-corrected chi connectivity index (χ2v) is 6.95.